The van der Waals surface area contributed by atoms with Crippen LogP contribution in [0.1, 0.15) is 37.6 Å². The molecule has 3 unspecified atom stereocenters. The van der Waals surface area contributed by atoms with Gasteiger partial charge in [0.15, 0.2) is 0 Å². The Bertz CT molecular complexity index is 576. The zero-order chi connectivity index (χ0) is 15.7. The first-order valence-corrected chi connectivity index (χ1v) is 7.44. The Balaban J connectivity index is 2.29. The van der Waals surface area contributed by atoms with Crippen LogP contribution in [0.2, 0.25) is 5.02 Å². The molecule has 0 aromatic heterocycles. The SMILES string of the molecule is CC1CC(C)C(C)N(C(=O)c2ccc([N+](=O)[O-])cc2Cl)C1. The number of carbonyl (C=O) groups excluding carboxylic acids is 1. The Hall–Kier alpha value is -1.62. The largest absolute Gasteiger partial charge is 0.335 e. The van der Waals surface area contributed by atoms with E-state index in [1.807, 2.05) is 11.8 Å². The molecule has 1 fully saturated rings. The quantitative estimate of drug-likeness (QED) is 0.617. The van der Waals surface area contributed by atoms with Gasteiger partial charge in [0.05, 0.1) is 15.5 Å². The van der Waals surface area contributed by atoms with E-state index in [0.29, 0.717) is 23.9 Å². The summed E-state index contributed by atoms with van der Waals surface area (Å²) in [6.07, 6.45) is 1.10. The van der Waals surface area contributed by atoms with Crippen LogP contribution in [0.3, 0.4) is 0 Å². The third-order valence-electron chi connectivity index (χ3n) is 4.25. The summed E-state index contributed by atoms with van der Waals surface area (Å²) < 4.78 is 0. The second-order valence-electron chi connectivity index (χ2n) is 5.94. The summed E-state index contributed by atoms with van der Waals surface area (Å²) in [7, 11) is 0. The van der Waals surface area contributed by atoms with Crippen LogP contribution in [0.4, 0.5) is 5.69 Å². The third kappa shape index (κ3) is 3.18. The van der Waals surface area contributed by atoms with Crippen molar-refractivity contribution in [1.29, 1.82) is 0 Å². The van der Waals surface area contributed by atoms with E-state index in [0.717, 1.165) is 6.42 Å². The molecule has 3 atom stereocenters. The lowest BCUT2D eigenvalue weighted by molar-refractivity contribution is -0.384. The smallest absolute Gasteiger partial charge is 0.270 e. The molecule has 1 saturated heterocycles. The molecule has 0 radical (unpaired) electrons. The summed E-state index contributed by atoms with van der Waals surface area (Å²) in [6, 6.07) is 4.14. The second kappa shape index (κ2) is 6.02. The molecule has 114 valence electrons. The predicted octanol–water partition coefficient (Wildman–Crippen LogP) is 3.75. The van der Waals surface area contributed by atoms with Gasteiger partial charge in [-0.05, 0) is 31.2 Å². The Labute approximate surface area is 129 Å². The lowest BCUT2D eigenvalue weighted by Gasteiger charge is -2.41. The number of nitro groups is 1. The van der Waals surface area contributed by atoms with E-state index < -0.39 is 4.92 Å². The molecular weight excluding hydrogens is 292 g/mol. The maximum absolute atomic E-state index is 12.7. The van der Waals surface area contributed by atoms with Gasteiger partial charge in [-0.25, -0.2) is 0 Å². The van der Waals surface area contributed by atoms with Crippen LogP contribution in [-0.4, -0.2) is 28.3 Å². The van der Waals surface area contributed by atoms with E-state index in [1.165, 1.54) is 18.2 Å². The normalized spacial score (nSPS) is 25.7. The van der Waals surface area contributed by atoms with E-state index in [1.54, 1.807) is 0 Å². The zero-order valence-corrected chi connectivity index (χ0v) is 13.1. The van der Waals surface area contributed by atoms with Crippen molar-refractivity contribution < 1.29 is 9.72 Å². The van der Waals surface area contributed by atoms with Crippen LogP contribution in [0.25, 0.3) is 0 Å². The number of hydrogen-bond donors (Lipinski definition) is 0. The molecule has 0 bridgehead atoms. The molecule has 0 spiro atoms. The molecule has 0 N–H and O–H groups in total. The Morgan fingerprint density at radius 2 is 2.05 bits per heavy atom. The standard InChI is InChI=1S/C15H19ClN2O3/c1-9-6-10(2)11(3)17(8-9)15(19)13-5-4-12(18(20)21)7-14(13)16/h4-5,7,9-11H,6,8H2,1-3H3. The van der Waals surface area contributed by atoms with E-state index in [9.17, 15) is 14.9 Å². The molecule has 1 aromatic rings. The van der Waals surface area contributed by atoms with Crippen molar-refractivity contribution >= 4 is 23.2 Å². The first kappa shape index (κ1) is 15.8. The minimum Gasteiger partial charge on any atom is -0.335 e. The van der Waals surface area contributed by atoms with Gasteiger partial charge in [-0.1, -0.05) is 25.4 Å². The highest BCUT2D eigenvalue weighted by Crippen LogP contribution is 2.30. The summed E-state index contributed by atoms with van der Waals surface area (Å²) in [5.41, 5.74) is 0.223. The fourth-order valence-electron chi connectivity index (χ4n) is 2.93. The topological polar surface area (TPSA) is 63.5 Å². The predicted molar refractivity (Wildman–Crippen MR) is 81.5 cm³/mol. The number of nitro benzene ring substituents is 1. The lowest BCUT2D eigenvalue weighted by Crippen LogP contribution is -2.48. The van der Waals surface area contributed by atoms with Gasteiger partial charge in [0, 0.05) is 24.7 Å². The molecule has 0 saturated carbocycles. The highest BCUT2D eigenvalue weighted by Gasteiger charge is 2.33. The van der Waals surface area contributed by atoms with Gasteiger partial charge >= 0.3 is 0 Å². The lowest BCUT2D eigenvalue weighted by atomic mass is 9.85. The third-order valence-corrected chi connectivity index (χ3v) is 4.57. The van der Waals surface area contributed by atoms with Crippen LogP contribution in [0.5, 0.6) is 0 Å². The van der Waals surface area contributed by atoms with Gasteiger partial charge in [0.2, 0.25) is 0 Å². The average molecular weight is 311 g/mol. The molecule has 2 rings (SSSR count). The number of halogens is 1. The number of piperidine rings is 1. The molecule has 1 aliphatic heterocycles. The van der Waals surface area contributed by atoms with E-state index in [4.69, 9.17) is 11.6 Å². The number of likely N-dealkylation sites (tertiary alicyclic amines) is 1. The van der Waals surface area contributed by atoms with Crippen LogP contribution in [0.15, 0.2) is 18.2 Å². The van der Waals surface area contributed by atoms with Crippen molar-refractivity contribution in [2.45, 2.75) is 33.2 Å². The van der Waals surface area contributed by atoms with Gasteiger partial charge in [-0.3, -0.25) is 14.9 Å². The number of rotatable bonds is 2. The Morgan fingerprint density at radius 3 is 2.62 bits per heavy atom. The highest BCUT2D eigenvalue weighted by molar-refractivity contribution is 6.34. The molecule has 5 nitrogen and oxygen atoms in total. The first-order valence-electron chi connectivity index (χ1n) is 7.06. The molecule has 21 heavy (non-hydrogen) atoms. The monoisotopic (exact) mass is 310 g/mol. The maximum atomic E-state index is 12.7. The number of nitrogens with zero attached hydrogens (tertiary/aromatic N) is 2. The van der Waals surface area contributed by atoms with Crippen LogP contribution >= 0.6 is 11.6 Å². The van der Waals surface area contributed by atoms with Gasteiger partial charge < -0.3 is 4.90 Å². The number of amides is 1. The van der Waals surface area contributed by atoms with Gasteiger partial charge in [0.1, 0.15) is 0 Å². The molecule has 0 aliphatic carbocycles. The van der Waals surface area contributed by atoms with Crippen molar-refractivity contribution in [2.24, 2.45) is 11.8 Å². The van der Waals surface area contributed by atoms with E-state index >= 15 is 0 Å². The van der Waals surface area contributed by atoms with Gasteiger partial charge in [-0.15, -0.1) is 0 Å². The van der Waals surface area contributed by atoms with E-state index in [2.05, 4.69) is 13.8 Å². The van der Waals surface area contributed by atoms with E-state index in [-0.39, 0.29) is 22.7 Å². The maximum Gasteiger partial charge on any atom is 0.270 e. The minimum absolute atomic E-state index is 0.107. The average Bonchev–Trinajstić information content (AvgIpc) is 2.41. The molecule has 6 heteroatoms. The van der Waals surface area contributed by atoms with Gasteiger partial charge in [-0.2, -0.15) is 0 Å². The first-order chi connectivity index (χ1) is 9.81. The van der Waals surface area contributed by atoms with Crippen LogP contribution in [0, 0.1) is 22.0 Å². The summed E-state index contributed by atoms with van der Waals surface area (Å²) in [4.78, 5) is 24.7. The summed E-state index contributed by atoms with van der Waals surface area (Å²) in [5.74, 6) is 0.715. The van der Waals surface area contributed by atoms with Crippen molar-refractivity contribution in [3.63, 3.8) is 0 Å². The number of non-ortho nitro benzene ring substituents is 1. The van der Waals surface area contributed by atoms with Crippen LogP contribution in [-0.2, 0) is 0 Å². The second-order valence-corrected chi connectivity index (χ2v) is 6.34. The molecule has 1 aromatic carbocycles. The number of hydrogen-bond acceptors (Lipinski definition) is 3. The minimum atomic E-state index is -0.520. The number of carbonyl (C=O) groups is 1. The van der Waals surface area contributed by atoms with Crippen molar-refractivity contribution in [3.05, 3.63) is 38.9 Å². The molecule has 1 amide bonds. The molecule has 1 aliphatic rings. The zero-order valence-electron chi connectivity index (χ0n) is 12.4. The number of benzene rings is 1. The summed E-state index contributed by atoms with van der Waals surface area (Å²) >= 11 is 6.06. The Kier molecular flexibility index (Phi) is 4.52. The van der Waals surface area contributed by atoms with Crippen molar-refractivity contribution in [2.75, 3.05) is 6.54 Å². The van der Waals surface area contributed by atoms with Crippen molar-refractivity contribution in [1.82, 2.24) is 4.90 Å². The fraction of sp³-hybridized carbons (Fsp3) is 0.533. The summed E-state index contributed by atoms with van der Waals surface area (Å²) in [5, 5.41) is 10.9. The fourth-order valence-corrected chi connectivity index (χ4v) is 3.18. The van der Waals surface area contributed by atoms with Crippen molar-refractivity contribution in [3.8, 4) is 0 Å². The molecular formula is C15H19ClN2O3. The highest BCUT2D eigenvalue weighted by atomic mass is 35.5. The Morgan fingerprint density at radius 1 is 1.38 bits per heavy atom. The van der Waals surface area contributed by atoms with Crippen LogP contribution < -0.4 is 0 Å². The summed E-state index contributed by atoms with van der Waals surface area (Å²) in [6.45, 7) is 6.99. The molecule has 1 heterocycles. The van der Waals surface area contributed by atoms with Gasteiger partial charge in [0.25, 0.3) is 11.6 Å².